The van der Waals surface area contributed by atoms with Crippen LogP contribution in [-0.2, 0) is 9.59 Å². The largest absolute Gasteiger partial charge is 0.479 e. The number of aliphatic hydroxyl groups is 8. The second kappa shape index (κ2) is 8.30. The number of rotatable bonds is 9. The molecule has 0 radical (unpaired) electrons. The third-order valence-electron chi connectivity index (χ3n) is 2.90. The maximum atomic E-state index is 10.4. The van der Waals surface area contributed by atoms with E-state index in [1.165, 1.54) is 0 Å². The van der Waals surface area contributed by atoms with E-state index in [1.54, 1.807) is 0 Å². The van der Waals surface area contributed by atoms with Crippen LogP contribution >= 0.6 is 0 Å². The maximum absolute atomic E-state index is 10.4. The summed E-state index contributed by atoms with van der Waals surface area (Å²) in [5.41, 5.74) is 0. The first-order valence-electron chi connectivity index (χ1n) is 5.83. The Kier molecular flexibility index (Phi) is 7.78. The molecule has 0 aliphatic carbocycles. The van der Waals surface area contributed by atoms with Crippen molar-refractivity contribution in [1.82, 2.24) is 0 Å². The van der Waals surface area contributed by atoms with E-state index >= 15 is 0 Å². The monoisotopic (exact) mass is 330 g/mol. The Hall–Kier alpha value is -1.38. The van der Waals surface area contributed by atoms with Gasteiger partial charge in [0.15, 0.2) is 12.2 Å². The van der Waals surface area contributed by atoms with Gasteiger partial charge in [0.25, 0.3) is 0 Å². The van der Waals surface area contributed by atoms with Gasteiger partial charge in [0.2, 0.25) is 0 Å². The van der Waals surface area contributed by atoms with Crippen LogP contribution in [0.3, 0.4) is 0 Å². The van der Waals surface area contributed by atoms with Crippen molar-refractivity contribution >= 4 is 11.9 Å². The lowest BCUT2D eigenvalue weighted by Crippen LogP contribution is -2.57. The Morgan fingerprint density at radius 3 is 0.818 bits per heavy atom. The Morgan fingerprint density at radius 1 is 0.455 bits per heavy atom. The highest BCUT2D eigenvalue weighted by atomic mass is 16.4. The average molecular weight is 330 g/mol. The van der Waals surface area contributed by atoms with Crippen molar-refractivity contribution in [1.29, 1.82) is 0 Å². The molecular weight excluding hydrogens is 312 g/mol. The summed E-state index contributed by atoms with van der Waals surface area (Å²) >= 11 is 0. The second-order valence-electron chi connectivity index (χ2n) is 4.51. The zero-order valence-corrected chi connectivity index (χ0v) is 10.9. The Bertz CT molecular complexity index is 350. The summed E-state index contributed by atoms with van der Waals surface area (Å²) in [6.07, 6.45) is -19.9. The summed E-state index contributed by atoms with van der Waals surface area (Å²) in [7, 11) is 0. The van der Waals surface area contributed by atoms with Gasteiger partial charge in [0.1, 0.15) is 36.6 Å². The van der Waals surface area contributed by atoms with E-state index in [0.29, 0.717) is 0 Å². The van der Waals surface area contributed by atoms with Crippen LogP contribution in [0.4, 0.5) is 0 Å². The smallest absolute Gasteiger partial charge is 0.335 e. The number of carbonyl (C=O) groups is 2. The molecule has 0 aromatic heterocycles. The summed E-state index contributed by atoms with van der Waals surface area (Å²) in [4.78, 5) is 20.8. The molecule has 0 aliphatic heterocycles. The normalized spacial score (nSPS) is 22.7. The molecule has 0 aliphatic rings. The van der Waals surface area contributed by atoms with E-state index < -0.39 is 60.8 Å². The number of hydrogen-bond donors (Lipinski definition) is 10. The van der Waals surface area contributed by atoms with Crippen LogP contribution in [0.1, 0.15) is 0 Å². The predicted molar refractivity (Wildman–Crippen MR) is 63.3 cm³/mol. The number of aliphatic carboxylic acids is 2. The maximum Gasteiger partial charge on any atom is 0.335 e. The zero-order valence-electron chi connectivity index (χ0n) is 10.9. The van der Waals surface area contributed by atoms with Gasteiger partial charge in [0, 0.05) is 0 Å². The van der Waals surface area contributed by atoms with Gasteiger partial charge in [-0.15, -0.1) is 0 Å². The molecule has 0 aromatic rings. The predicted octanol–water partition coefficient (Wildman–Crippen LogP) is -5.96. The fraction of sp³-hybridized carbons (Fsp3) is 0.800. The first kappa shape index (κ1) is 20.6. The minimum atomic E-state index is -2.52. The van der Waals surface area contributed by atoms with Crippen molar-refractivity contribution in [2.75, 3.05) is 0 Å². The molecule has 22 heavy (non-hydrogen) atoms. The second-order valence-corrected chi connectivity index (χ2v) is 4.51. The standard InChI is InChI=1S/C10H18O12/c11-1(3(13)5(15)7(17)9(19)20)2(12)4(14)6(16)8(18)10(21)22/h1-8,11-18H,(H,19,20)(H,21,22)/t1-,2+,3-,4+,5-,6-,7-,8+/m0/s1. The minimum absolute atomic E-state index is 1.95. The molecule has 0 spiro atoms. The van der Waals surface area contributed by atoms with Crippen LogP contribution in [0.2, 0.25) is 0 Å². The minimum Gasteiger partial charge on any atom is -0.479 e. The van der Waals surface area contributed by atoms with E-state index in [9.17, 15) is 40.2 Å². The van der Waals surface area contributed by atoms with Gasteiger partial charge in [-0.2, -0.15) is 0 Å². The average Bonchev–Trinajstić information content (AvgIpc) is 2.48. The van der Waals surface area contributed by atoms with Crippen molar-refractivity contribution in [2.24, 2.45) is 0 Å². The lowest BCUT2D eigenvalue weighted by molar-refractivity contribution is -0.189. The van der Waals surface area contributed by atoms with Crippen molar-refractivity contribution in [3.63, 3.8) is 0 Å². The highest BCUT2D eigenvalue weighted by molar-refractivity contribution is 5.73. The summed E-state index contributed by atoms with van der Waals surface area (Å²) in [5.74, 6) is -3.90. The molecule has 0 unspecified atom stereocenters. The molecule has 0 rings (SSSR count). The lowest BCUT2D eigenvalue weighted by atomic mass is 9.93. The molecule has 0 saturated carbocycles. The summed E-state index contributed by atoms with van der Waals surface area (Å²) in [5, 5.41) is 91.0. The molecule has 0 bridgehead atoms. The van der Waals surface area contributed by atoms with E-state index in [1.807, 2.05) is 0 Å². The van der Waals surface area contributed by atoms with Gasteiger partial charge in [-0.05, 0) is 0 Å². The SMILES string of the molecule is O=C(O)[C@@H](O)[C@@H](O)[C@@H](O)[C@@H](O)[C@@H](O)[C@@H](O)[C@H](O)[C@@H](O)C(=O)O. The van der Waals surface area contributed by atoms with Crippen molar-refractivity contribution < 1.29 is 60.7 Å². The van der Waals surface area contributed by atoms with Crippen LogP contribution in [-0.4, -0.2) is 112 Å². The molecule has 130 valence electrons. The van der Waals surface area contributed by atoms with Gasteiger partial charge in [-0.3, -0.25) is 0 Å². The van der Waals surface area contributed by atoms with Crippen LogP contribution in [0.5, 0.6) is 0 Å². The topological polar surface area (TPSA) is 236 Å². The fourth-order valence-corrected chi connectivity index (χ4v) is 1.47. The van der Waals surface area contributed by atoms with Crippen LogP contribution in [0, 0.1) is 0 Å². The third-order valence-corrected chi connectivity index (χ3v) is 2.90. The molecule has 0 fully saturated rings. The number of carboxylic acids is 2. The molecule has 10 N–H and O–H groups in total. The first-order valence-corrected chi connectivity index (χ1v) is 5.83. The number of aliphatic hydroxyl groups excluding tert-OH is 8. The summed E-state index contributed by atoms with van der Waals surface area (Å²) in [6.45, 7) is 0. The highest BCUT2D eigenvalue weighted by Crippen LogP contribution is 2.14. The van der Waals surface area contributed by atoms with Gasteiger partial charge >= 0.3 is 11.9 Å². The molecular formula is C10H18O12. The van der Waals surface area contributed by atoms with Crippen LogP contribution in [0.15, 0.2) is 0 Å². The van der Waals surface area contributed by atoms with Crippen LogP contribution in [0.25, 0.3) is 0 Å². The Balaban J connectivity index is 4.93. The summed E-state index contributed by atoms with van der Waals surface area (Å²) in [6, 6.07) is 0. The molecule has 0 heterocycles. The van der Waals surface area contributed by atoms with E-state index in [-0.39, 0.29) is 0 Å². The quantitative estimate of drug-likeness (QED) is 0.190. The highest BCUT2D eigenvalue weighted by Gasteiger charge is 2.43. The zero-order chi connectivity index (χ0) is 17.8. The van der Waals surface area contributed by atoms with Gasteiger partial charge in [-0.25, -0.2) is 9.59 Å². The number of carboxylic acid groups (broad SMARTS) is 2. The molecule has 0 saturated heterocycles. The van der Waals surface area contributed by atoms with E-state index in [4.69, 9.17) is 20.4 Å². The molecule has 12 heteroatoms. The molecule has 0 amide bonds. The number of hydrogen-bond acceptors (Lipinski definition) is 10. The van der Waals surface area contributed by atoms with Gasteiger partial charge < -0.3 is 51.1 Å². The van der Waals surface area contributed by atoms with Crippen molar-refractivity contribution in [3.05, 3.63) is 0 Å². The van der Waals surface area contributed by atoms with Gasteiger partial charge in [0.05, 0.1) is 0 Å². The van der Waals surface area contributed by atoms with E-state index in [0.717, 1.165) is 0 Å². The summed E-state index contributed by atoms with van der Waals surface area (Å²) < 4.78 is 0. The Labute approximate surface area is 122 Å². The van der Waals surface area contributed by atoms with Gasteiger partial charge in [-0.1, -0.05) is 0 Å². The van der Waals surface area contributed by atoms with Crippen LogP contribution < -0.4 is 0 Å². The Morgan fingerprint density at radius 2 is 0.636 bits per heavy atom. The van der Waals surface area contributed by atoms with Crippen molar-refractivity contribution in [3.8, 4) is 0 Å². The first-order chi connectivity index (χ1) is 9.93. The lowest BCUT2D eigenvalue weighted by Gasteiger charge is -2.32. The molecule has 12 nitrogen and oxygen atoms in total. The molecule has 8 atom stereocenters. The van der Waals surface area contributed by atoms with E-state index in [2.05, 4.69) is 0 Å². The van der Waals surface area contributed by atoms with Crippen molar-refractivity contribution in [2.45, 2.75) is 48.8 Å². The molecule has 0 aromatic carbocycles. The fourth-order valence-electron chi connectivity index (χ4n) is 1.47. The third kappa shape index (κ3) is 4.82.